The van der Waals surface area contributed by atoms with Gasteiger partial charge in [-0.1, -0.05) is 18.2 Å². The molecule has 0 fully saturated rings. The number of hydrogen-bond acceptors (Lipinski definition) is 3. The molecule has 1 aliphatic rings. The summed E-state index contributed by atoms with van der Waals surface area (Å²) in [5.41, 5.74) is 1.35. The molecule has 3 heteroatoms. The van der Waals surface area contributed by atoms with Gasteiger partial charge in [-0.2, -0.15) is 0 Å². The normalized spacial score (nSPS) is 15.0. The van der Waals surface area contributed by atoms with Crippen LogP contribution in [0, 0.1) is 0 Å². The van der Waals surface area contributed by atoms with E-state index in [9.17, 15) is 0 Å². The lowest BCUT2D eigenvalue weighted by atomic mass is 10.3. The zero-order chi connectivity index (χ0) is 10.9. The Kier molecular flexibility index (Phi) is 6.32. The van der Waals surface area contributed by atoms with E-state index >= 15 is 0 Å². The summed E-state index contributed by atoms with van der Waals surface area (Å²) in [5, 5.41) is 3.33. The van der Waals surface area contributed by atoms with E-state index < -0.39 is 0 Å². The summed E-state index contributed by atoms with van der Waals surface area (Å²) in [4.78, 5) is 0. The quantitative estimate of drug-likeness (QED) is 0.622. The summed E-state index contributed by atoms with van der Waals surface area (Å²) >= 11 is 0. The minimum Gasteiger partial charge on any atom is -0.352 e. The van der Waals surface area contributed by atoms with Crippen LogP contribution in [0.4, 0.5) is 0 Å². The highest BCUT2D eigenvalue weighted by Crippen LogP contribution is 2.06. The first-order valence-corrected chi connectivity index (χ1v) is 5.66. The van der Waals surface area contributed by atoms with Gasteiger partial charge in [-0.25, -0.2) is 0 Å². The van der Waals surface area contributed by atoms with Crippen molar-refractivity contribution in [1.29, 1.82) is 0 Å². The Morgan fingerprint density at radius 2 is 2.07 bits per heavy atom. The van der Waals surface area contributed by atoms with Gasteiger partial charge in [0.25, 0.3) is 0 Å². The summed E-state index contributed by atoms with van der Waals surface area (Å²) < 4.78 is 10.8. The third-order valence-corrected chi connectivity index (χ3v) is 2.19. The lowest BCUT2D eigenvalue weighted by Crippen LogP contribution is -2.32. The van der Waals surface area contributed by atoms with Gasteiger partial charge in [0.05, 0.1) is 0 Å². The molecule has 0 radical (unpaired) electrons. The zero-order valence-corrected chi connectivity index (χ0v) is 9.66. The van der Waals surface area contributed by atoms with Gasteiger partial charge in [-0.05, 0) is 25.8 Å². The van der Waals surface area contributed by atoms with Gasteiger partial charge >= 0.3 is 0 Å². The Morgan fingerprint density at radius 3 is 2.60 bits per heavy atom. The Bertz CT molecular complexity index is 218. The van der Waals surface area contributed by atoms with Crippen LogP contribution in [0.15, 0.2) is 23.8 Å². The summed E-state index contributed by atoms with van der Waals surface area (Å²) in [6.45, 7) is 6.98. The minimum absolute atomic E-state index is 0.119. The summed E-state index contributed by atoms with van der Waals surface area (Å²) in [5.74, 6) is 0. The highest BCUT2D eigenvalue weighted by molar-refractivity contribution is 5.27. The number of allylic oxidation sites excluding steroid dienone is 2. The fourth-order valence-corrected chi connectivity index (χ4v) is 1.51. The molecule has 0 aromatic rings. The second kappa shape index (κ2) is 7.63. The molecule has 0 aromatic carbocycles. The molecule has 1 rings (SSSR count). The third kappa shape index (κ3) is 5.11. The van der Waals surface area contributed by atoms with Crippen molar-refractivity contribution in [1.82, 2.24) is 5.32 Å². The lowest BCUT2D eigenvalue weighted by molar-refractivity contribution is -0.132. The topological polar surface area (TPSA) is 30.5 Å². The van der Waals surface area contributed by atoms with Crippen LogP contribution >= 0.6 is 0 Å². The van der Waals surface area contributed by atoms with E-state index in [1.807, 2.05) is 13.8 Å². The van der Waals surface area contributed by atoms with Crippen molar-refractivity contribution < 1.29 is 9.47 Å². The molecule has 0 aliphatic heterocycles. The SMILES string of the molecule is CCOC(CNCC1=CCC=C1)OCC. The van der Waals surface area contributed by atoms with Crippen molar-refractivity contribution in [3.05, 3.63) is 23.8 Å². The van der Waals surface area contributed by atoms with E-state index in [0.717, 1.165) is 19.5 Å². The smallest absolute Gasteiger partial charge is 0.169 e. The highest BCUT2D eigenvalue weighted by Gasteiger charge is 2.07. The summed E-state index contributed by atoms with van der Waals surface area (Å²) in [6.07, 6.45) is 7.50. The van der Waals surface area contributed by atoms with Crippen LogP contribution in [-0.2, 0) is 9.47 Å². The molecule has 1 N–H and O–H groups in total. The van der Waals surface area contributed by atoms with Crippen molar-refractivity contribution in [2.75, 3.05) is 26.3 Å². The second-order valence-electron chi connectivity index (χ2n) is 3.39. The number of hydrogen-bond donors (Lipinski definition) is 1. The van der Waals surface area contributed by atoms with Crippen LogP contribution in [0.2, 0.25) is 0 Å². The first-order valence-electron chi connectivity index (χ1n) is 5.66. The summed E-state index contributed by atoms with van der Waals surface area (Å²) in [6, 6.07) is 0. The van der Waals surface area contributed by atoms with Crippen LogP contribution in [0.3, 0.4) is 0 Å². The maximum Gasteiger partial charge on any atom is 0.169 e. The second-order valence-corrected chi connectivity index (χ2v) is 3.39. The van der Waals surface area contributed by atoms with Gasteiger partial charge in [-0.15, -0.1) is 0 Å². The molecular formula is C12H21NO2. The van der Waals surface area contributed by atoms with Gasteiger partial charge in [-0.3, -0.25) is 0 Å². The van der Waals surface area contributed by atoms with Crippen molar-refractivity contribution in [2.24, 2.45) is 0 Å². The summed E-state index contributed by atoms with van der Waals surface area (Å²) in [7, 11) is 0. The Morgan fingerprint density at radius 1 is 1.33 bits per heavy atom. The monoisotopic (exact) mass is 211 g/mol. The van der Waals surface area contributed by atoms with Crippen molar-refractivity contribution in [3.8, 4) is 0 Å². The largest absolute Gasteiger partial charge is 0.352 e. The number of nitrogens with one attached hydrogen (secondary N) is 1. The molecule has 0 unspecified atom stereocenters. The molecule has 0 saturated carbocycles. The molecule has 86 valence electrons. The predicted molar refractivity (Wildman–Crippen MR) is 61.7 cm³/mol. The van der Waals surface area contributed by atoms with E-state index in [4.69, 9.17) is 9.47 Å². The molecule has 1 aliphatic carbocycles. The zero-order valence-electron chi connectivity index (χ0n) is 9.66. The lowest BCUT2D eigenvalue weighted by Gasteiger charge is -2.17. The van der Waals surface area contributed by atoms with Crippen molar-refractivity contribution in [3.63, 3.8) is 0 Å². The fraction of sp³-hybridized carbons (Fsp3) is 0.667. The Labute approximate surface area is 92.1 Å². The number of ether oxygens (including phenoxy) is 2. The molecule has 0 atom stereocenters. The molecule has 0 heterocycles. The van der Waals surface area contributed by atoms with Crippen molar-refractivity contribution in [2.45, 2.75) is 26.6 Å². The van der Waals surface area contributed by atoms with E-state index in [0.29, 0.717) is 13.2 Å². The molecule has 0 amide bonds. The first-order chi connectivity index (χ1) is 7.36. The van der Waals surface area contributed by atoms with E-state index in [-0.39, 0.29) is 6.29 Å². The van der Waals surface area contributed by atoms with Gasteiger partial charge in [0.2, 0.25) is 0 Å². The van der Waals surface area contributed by atoms with E-state index in [1.54, 1.807) is 0 Å². The highest BCUT2D eigenvalue weighted by atomic mass is 16.7. The molecular weight excluding hydrogens is 190 g/mol. The van der Waals surface area contributed by atoms with Crippen LogP contribution < -0.4 is 5.32 Å². The van der Waals surface area contributed by atoms with Gasteiger partial charge < -0.3 is 14.8 Å². The standard InChI is InChI=1S/C12H21NO2/c1-3-14-12(15-4-2)10-13-9-11-7-5-6-8-11/h5,7-8,12-13H,3-4,6,9-10H2,1-2H3. The van der Waals surface area contributed by atoms with Gasteiger partial charge in [0.15, 0.2) is 6.29 Å². The average molecular weight is 211 g/mol. The molecule has 15 heavy (non-hydrogen) atoms. The fourth-order valence-electron chi connectivity index (χ4n) is 1.51. The third-order valence-electron chi connectivity index (χ3n) is 2.19. The van der Waals surface area contributed by atoms with Crippen LogP contribution in [0.5, 0.6) is 0 Å². The molecule has 0 saturated heterocycles. The molecule has 0 spiro atoms. The Balaban J connectivity index is 2.12. The maximum absolute atomic E-state index is 5.42. The molecule has 0 bridgehead atoms. The van der Waals surface area contributed by atoms with Gasteiger partial charge in [0.1, 0.15) is 0 Å². The minimum atomic E-state index is -0.119. The van der Waals surface area contributed by atoms with Crippen LogP contribution in [0.1, 0.15) is 20.3 Å². The molecule has 3 nitrogen and oxygen atoms in total. The van der Waals surface area contributed by atoms with Crippen LogP contribution in [0.25, 0.3) is 0 Å². The first kappa shape index (κ1) is 12.4. The number of rotatable bonds is 8. The van der Waals surface area contributed by atoms with Gasteiger partial charge in [0, 0.05) is 26.3 Å². The Hall–Kier alpha value is -0.640. The van der Waals surface area contributed by atoms with E-state index in [1.165, 1.54) is 5.57 Å². The average Bonchev–Trinajstić information content (AvgIpc) is 2.71. The maximum atomic E-state index is 5.42. The van der Waals surface area contributed by atoms with E-state index in [2.05, 4.69) is 23.5 Å². The van der Waals surface area contributed by atoms with Crippen LogP contribution in [-0.4, -0.2) is 32.6 Å². The molecule has 0 aromatic heterocycles. The predicted octanol–water partition coefficient (Wildman–Crippen LogP) is 1.86. The van der Waals surface area contributed by atoms with Crippen molar-refractivity contribution >= 4 is 0 Å².